The number of ether oxygens (including phenoxy) is 2. The smallest absolute Gasteiger partial charge is 0.325 e. The molecule has 3 fully saturated rings. The van der Waals surface area contributed by atoms with E-state index >= 15 is 4.39 Å². The van der Waals surface area contributed by atoms with E-state index in [1.54, 1.807) is 0 Å². The molecular formula is C20H23FN11O9PS2. The lowest BCUT2D eigenvalue weighted by molar-refractivity contribution is -0.0516. The van der Waals surface area contributed by atoms with Crippen molar-refractivity contribution in [2.75, 3.05) is 23.8 Å². The number of anilines is 2. The minimum atomic E-state index is -4.34. The van der Waals surface area contributed by atoms with Crippen LogP contribution in [0.25, 0.3) is 22.3 Å². The molecule has 3 saturated heterocycles. The minimum Gasteiger partial charge on any atom is -0.382 e. The van der Waals surface area contributed by atoms with Crippen LogP contribution >= 0.6 is 6.72 Å². The molecule has 0 amide bonds. The summed E-state index contributed by atoms with van der Waals surface area (Å²) in [6.07, 6.45) is -7.50. The van der Waals surface area contributed by atoms with E-state index in [0.29, 0.717) is 0 Å². The fourth-order valence-electron chi connectivity index (χ4n) is 5.34. The minimum absolute atomic E-state index is 0.0588. The van der Waals surface area contributed by atoms with E-state index in [2.05, 4.69) is 35.2 Å². The first-order valence-corrected chi connectivity index (χ1v) is 17.1. The van der Waals surface area contributed by atoms with Gasteiger partial charge in [-0.05, 0) is 18.2 Å². The fraction of sp³-hybridized carbons (Fsp3) is 0.550. The van der Waals surface area contributed by atoms with Crippen molar-refractivity contribution < 1.29 is 40.4 Å². The number of imidazole rings is 1. The van der Waals surface area contributed by atoms with Crippen molar-refractivity contribution in [3.63, 3.8) is 0 Å². The third kappa shape index (κ3) is 5.22. The Morgan fingerprint density at radius 2 is 1.95 bits per heavy atom. The summed E-state index contributed by atoms with van der Waals surface area (Å²) in [5.74, 6) is -0.823. The molecular weight excluding hydrogens is 652 g/mol. The first-order valence-electron chi connectivity index (χ1n) is 12.9. The van der Waals surface area contributed by atoms with Crippen molar-refractivity contribution >= 4 is 62.7 Å². The van der Waals surface area contributed by atoms with E-state index in [1.165, 1.54) is 17.2 Å². The summed E-state index contributed by atoms with van der Waals surface area (Å²) in [5.41, 5.74) is 11.0. The van der Waals surface area contributed by atoms with Crippen molar-refractivity contribution in [3.05, 3.63) is 23.0 Å². The summed E-state index contributed by atoms with van der Waals surface area (Å²) in [7, 11) is -4.34. The van der Waals surface area contributed by atoms with E-state index in [4.69, 9.17) is 46.0 Å². The second kappa shape index (κ2) is 10.7. The van der Waals surface area contributed by atoms with Gasteiger partial charge in [-0.15, -0.1) is 5.10 Å². The highest BCUT2D eigenvalue weighted by molar-refractivity contribution is 8.07. The van der Waals surface area contributed by atoms with Gasteiger partial charge in [-0.25, -0.2) is 19.3 Å². The van der Waals surface area contributed by atoms with Crippen molar-refractivity contribution in [2.45, 2.75) is 55.9 Å². The van der Waals surface area contributed by atoms with Gasteiger partial charge in [0.2, 0.25) is 5.95 Å². The first-order chi connectivity index (χ1) is 20.9. The Morgan fingerprint density at radius 1 is 1.14 bits per heavy atom. The number of halogens is 1. The van der Waals surface area contributed by atoms with Crippen molar-refractivity contribution in [2.24, 2.45) is 0 Å². The zero-order chi connectivity index (χ0) is 31.0. The molecule has 0 spiro atoms. The lowest BCUT2D eigenvalue weighted by atomic mass is 10.1. The average Bonchev–Trinajstić information content (AvgIpc) is 3.72. The first kappa shape index (κ1) is 29.4. The maximum atomic E-state index is 16.0. The Balaban J connectivity index is 1.19. The van der Waals surface area contributed by atoms with Gasteiger partial charge in [0.25, 0.3) is 15.7 Å². The number of nitrogens with one attached hydrogen (secondary N) is 1. The molecule has 4 aromatic rings. The van der Waals surface area contributed by atoms with E-state index in [1.807, 2.05) is 0 Å². The van der Waals surface area contributed by atoms with Gasteiger partial charge < -0.3 is 30.4 Å². The Bertz CT molecular complexity index is 1980. The summed E-state index contributed by atoms with van der Waals surface area (Å²) in [5, 5.41) is 7.69. The van der Waals surface area contributed by atoms with Crippen LogP contribution in [-0.4, -0.2) is 101 Å². The SMILES string of the molecule is Nc1nc2c(nnn2[C@@H]2O[C@@H]3COP(O)(=S)O[C@H]4[C@@H](F)[C@H](n5cnc6c(N)ncnc65)O[C@@H]4CCS(=O)(=O)O[C@@H]2C3)c(=O)[nH]1. The quantitative estimate of drug-likeness (QED) is 0.143. The van der Waals surface area contributed by atoms with Gasteiger partial charge in [0.1, 0.15) is 24.1 Å². The third-order valence-electron chi connectivity index (χ3n) is 7.27. The molecule has 8 atom stereocenters. The zero-order valence-electron chi connectivity index (χ0n) is 22.1. The maximum absolute atomic E-state index is 16.0. The average molecular weight is 676 g/mol. The van der Waals surface area contributed by atoms with Crippen LogP contribution in [0.3, 0.4) is 0 Å². The Morgan fingerprint density at radius 3 is 2.77 bits per heavy atom. The summed E-state index contributed by atoms with van der Waals surface area (Å²) in [6, 6.07) is 0. The summed E-state index contributed by atoms with van der Waals surface area (Å²) < 4.78 is 73.2. The van der Waals surface area contributed by atoms with Crippen molar-refractivity contribution in [1.29, 1.82) is 0 Å². The van der Waals surface area contributed by atoms with E-state index in [9.17, 15) is 18.1 Å². The van der Waals surface area contributed by atoms with Gasteiger partial charge >= 0.3 is 6.72 Å². The number of aromatic nitrogens is 9. The van der Waals surface area contributed by atoms with Crippen LogP contribution < -0.4 is 17.0 Å². The Kier molecular flexibility index (Phi) is 7.13. The fourth-order valence-corrected chi connectivity index (χ4v) is 7.97. The van der Waals surface area contributed by atoms with E-state index in [-0.39, 0.29) is 46.9 Å². The molecule has 0 aromatic carbocycles. The third-order valence-corrected chi connectivity index (χ3v) is 10.1. The van der Waals surface area contributed by atoms with E-state index in [0.717, 1.165) is 4.68 Å². The number of aromatic amines is 1. The van der Waals surface area contributed by atoms with Gasteiger partial charge in [-0.2, -0.15) is 18.1 Å². The second-order valence-corrected chi connectivity index (χ2v) is 14.7. The Labute approximate surface area is 250 Å². The number of nitrogen functional groups attached to an aromatic ring is 2. The second-order valence-electron chi connectivity index (χ2n) is 10.2. The number of hydrogen-bond donors (Lipinski definition) is 4. The van der Waals surface area contributed by atoms with Crippen LogP contribution in [-0.2, 0) is 44.6 Å². The molecule has 20 nitrogen and oxygen atoms in total. The molecule has 6 N–H and O–H groups in total. The highest BCUT2D eigenvalue weighted by Gasteiger charge is 2.51. The normalized spacial score (nSPS) is 34.4. The van der Waals surface area contributed by atoms with Crippen LogP contribution in [0.2, 0.25) is 0 Å². The molecule has 7 heterocycles. The highest BCUT2D eigenvalue weighted by Crippen LogP contribution is 2.51. The van der Waals surface area contributed by atoms with Gasteiger partial charge in [0.05, 0.1) is 30.9 Å². The molecule has 4 aromatic heterocycles. The van der Waals surface area contributed by atoms with Crippen LogP contribution in [0, 0.1) is 0 Å². The molecule has 7 rings (SSSR count). The van der Waals surface area contributed by atoms with Crippen LogP contribution in [0.5, 0.6) is 0 Å². The van der Waals surface area contributed by atoms with Crippen LogP contribution in [0.4, 0.5) is 16.2 Å². The molecule has 24 heteroatoms. The number of hydrogen-bond acceptors (Lipinski definition) is 17. The molecule has 0 aliphatic carbocycles. The molecule has 236 valence electrons. The Hall–Kier alpha value is -3.28. The molecule has 0 saturated carbocycles. The lowest BCUT2D eigenvalue weighted by Crippen LogP contribution is -2.33. The van der Waals surface area contributed by atoms with Gasteiger partial charge in [0, 0.05) is 6.42 Å². The molecule has 2 bridgehead atoms. The molecule has 44 heavy (non-hydrogen) atoms. The number of rotatable bonds is 2. The van der Waals surface area contributed by atoms with Crippen molar-refractivity contribution in [3.8, 4) is 0 Å². The number of nitrogens with two attached hydrogens (primary N) is 2. The summed E-state index contributed by atoms with van der Waals surface area (Å²) >= 11 is 5.18. The van der Waals surface area contributed by atoms with Crippen LogP contribution in [0.15, 0.2) is 17.4 Å². The standard InChI is InChI=1S/C20H23FN11O9PS2/c21-10-13-8(39-19(10)31-6-26-11-14(22)24-5-25-15(11)31)1-2-44(35,36)41-9-3-7(4-37-42(34,43)40-13)38-18(9)32-16-12(29-30-32)17(33)28-20(23)27-16/h5-10,13,18-19H,1-4H2,(H,34,43)(H2,22,24,25)(H3,23,27,28,33)/t7-,8+,9+,10+,13+,18+,19+,42?/m0/s1. The number of nitrogens with zero attached hydrogens (tertiary/aromatic N) is 8. The molecule has 3 aliphatic rings. The largest absolute Gasteiger partial charge is 0.382 e. The number of fused-ring (bicyclic) bond motifs is 5. The number of H-pyrrole nitrogens is 1. The molecule has 1 unspecified atom stereocenters. The predicted octanol–water partition coefficient (Wildman–Crippen LogP) is -1.22. The molecule has 0 radical (unpaired) electrons. The van der Waals surface area contributed by atoms with E-state index < -0.39 is 77.8 Å². The summed E-state index contributed by atoms with van der Waals surface area (Å²) in [6.45, 7) is -4.55. The van der Waals surface area contributed by atoms with Crippen LogP contribution in [0.1, 0.15) is 25.3 Å². The molecule has 3 aliphatic heterocycles. The van der Waals surface area contributed by atoms with Gasteiger partial charge in [-0.1, -0.05) is 5.21 Å². The zero-order valence-corrected chi connectivity index (χ0v) is 24.6. The van der Waals surface area contributed by atoms with Crippen molar-refractivity contribution in [1.82, 2.24) is 44.5 Å². The highest BCUT2D eigenvalue weighted by atomic mass is 32.5. The van der Waals surface area contributed by atoms with Gasteiger partial charge in [-0.3, -0.25) is 23.1 Å². The number of alkyl halides is 1. The van der Waals surface area contributed by atoms with Gasteiger partial charge in [0.15, 0.2) is 41.3 Å². The monoisotopic (exact) mass is 675 g/mol. The lowest BCUT2D eigenvalue weighted by Gasteiger charge is -2.25. The summed E-state index contributed by atoms with van der Waals surface area (Å²) in [4.78, 5) is 41.5. The topological polar surface area (TPSA) is 273 Å². The predicted molar refractivity (Wildman–Crippen MR) is 148 cm³/mol. The maximum Gasteiger partial charge on any atom is 0.325 e.